The van der Waals surface area contributed by atoms with E-state index in [0.29, 0.717) is 0 Å². The maximum Gasteiger partial charge on any atom is 0.151 e. The first-order valence-corrected chi connectivity index (χ1v) is 4.72. The number of aryl methyl sites for hydroxylation is 3. The molecule has 0 amide bonds. The van der Waals surface area contributed by atoms with Gasteiger partial charge in [-0.15, -0.1) is 0 Å². The van der Waals surface area contributed by atoms with Gasteiger partial charge in [0.25, 0.3) is 0 Å². The number of rotatable bonds is 1. The van der Waals surface area contributed by atoms with Crippen molar-refractivity contribution in [2.75, 3.05) is 7.11 Å². The highest BCUT2D eigenvalue weighted by atomic mass is 16.6. The number of methoxy groups -OCH3 is 1. The summed E-state index contributed by atoms with van der Waals surface area (Å²) in [6.07, 6.45) is -0.616. The summed E-state index contributed by atoms with van der Waals surface area (Å²) in [6, 6.07) is 6.50. The molecule has 1 atom stereocenters. The molecule has 80 valence electrons. The third-order valence-corrected chi connectivity index (χ3v) is 2.00. The van der Waals surface area contributed by atoms with Gasteiger partial charge in [-0.3, -0.25) is 0 Å². The van der Waals surface area contributed by atoms with Crippen molar-refractivity contribution in [2.24, 2.45) is 0 Å². The molecule has 0 heterocycles. The van der Waals surface area contributed by atoms with Crippen LogP contribution >= 0.6 is 0 Å². The van der Waals surface area contributed by atoms with Crippen LogP contribution in [-0.2, 0) is 4.74 Å². The van der Waals surface area contributed by atoms with Crippen molar-refractivity contribution in [1.82, 2.24) is 0 Å². The summed E-state index contributed by atoms with van der Waals surface area (Å²) < 4.78 is 4.31. The molecule has 2 heteroatoms. The molecule has 2 nitrogen and oxygen atoms in total. The number of ether oxygens (including phenoxy) is 1. The van der Waals surface area contributed by atoms with Gasteiger partial charge in [0.15, 0.2) is 6.29 Å². The van der Waals surface area contributed by atoms with Crippen LogP contribution < -0.4 is 0 Å². The maximum atomic E-state index is 8.14. The van der Waals surface area contributed by atoms with Gasteiger partial charge in [0, 0.05) is 7.11 Å². The van der Waals surface area contributed by atoms with Gasteiger partial charge in [0.1, 0.15) is 0 Å². The molecule has 1 aromatic rings. The maximum absolute atomic E-state index is 8.14. The average molecular weight is 196 g/mol. The first-order chi connectivity index (χ1) is 6.47. The Labute approximate surface area is 86.5 Å². The van der Waals surface area contributed by atoms with Gasteiger partial charge in [-0.2, -0.15) is 0 Å². The molecule has 1 unspecified atom stereocenters. The van der Waals surface area contributed by atoms with Crippen molar-refractivity contribution in [2.45, 2.75) is 34.0 Å². The predicted molar refractivity (Wildman–Crippen MR) is 59.3 cm³/mol. The summed E-state index contributed by atoms with van der Waals surface area (Å²) in [6.45, 7) is 7.95. The second-order valence-electron chi connectivity index (χ2n) is 3.42. The van der Waals surface area contributed by atoms with Crippen LogP contribution in [0.25, 0.3) is 0 Å². The lowest BCUT2D eigenvalue weighted by Crippen LogP contribution is -1.99. The van der Waals surface area contributed by atoms with Crippen LogP contribution in [0, 0.1) is 20.8 Å². The third-order valence-electron chi connectivity index (χ3n) is 2.00. The number of hydrogen-bond acceptors (Lipinski definition) is 2. The topological polar surface area (TPSA) is 29.5 Å². The number of aliphatic hydroxyl groups excluding tert-OH is 1. The zero-order valence-electron chi connectivity index (χ0n) is 9.66. The second kappa shape index (κ2) is 6.57. The normalized spacial score (nSPS) is 11.6. The Morgan fingerprint density at radius 3 is 1.93 bits per heavy atom. The molecule has 1 rings (SSSR count). The second-order valence-corrected chi connectivity index (χ2v) is 3.42. The first kappa shape index (κ1) is 13.1. The van der Waals surface area contributed by atoms with E-state index in [2.05, 4.69) is 43.7 Å². The number of hydrogen-bond donors (Lipinski definition) is 1. The van der Waals surface area contributed by atoms with E-state index < -0.39 is 6.29 Å². The monoisotopic (exact) mass is 196 g/mol. The van der Waals surface area contributed by atoms with Gasteiger partial charge in [-0.25, -0.2) is 0 Å². The molecular formula is C12H20O2. The van der Waals surface area contributed by atoms with E-state index >= 15 is 0 Å². The number of aliphatic hydroxyl groups is 1. The van der Waals surface area contributed by atoms with Crippen molar-refractivity contribution in [1.29, 1.82) is 0 Å². The quantitative estimate of drug-likeness (QED) is 0.699. The molecule has 0 radical (unpaired) electrons. The average Bonchev–Trinajstić information content (AvgIpc) is 2.13. The lowest BCUT2D eigenvalue weighted by atomic mass is 10.1. The minimum absolute atomic E-state index is 0.616. The van der Waals surface area contributed by atoms with Crippen LogP contribution in [0.2, 0.25) is 0 Å². The fourth-order valence-corrected chi connectivity index (χ4v) is 0.891. The van der Waals surface area contributed by atoms with Gasteiger partial charge in [0.2, 0.25) is 0 Å². The predicted octanol–water partition coefficient (Wildman–Crippen LogP) is 2.58. The molecule has 0 bridgehead atoms. The first-order valence-electron chi connectivity index (χ1n) is 4.72. The van der Waals surface area contributed by atoms with E-state index in [4.69, 9.17) is 5.11 Å². The van der Waals surface area contributed by atoms with Crippen molar-refractivity contribution < 1.29 is 9.84 Å². The smallest absolute Gasteiger partial charge is 0.151 e. The minimum Gasteiger partial charge on any atom is -0.368 e. The van der Waals surface area contributed by atoms with Crippen LogP contribution in [0.3, 0.4) is 0 Å². The fraction of sp³-hybridized carbons (Fsp3) is 0.500. The summed E-state index contributed by atoms with van der Waals surface area (Å²) in [4.78, 5) is 0. The standard InChI is InChI=1S/C9H12.C3H8O2/c1-7-4-5-8(2)9(3)6-7;1-3(4)5-2/h4-6H,1-3H3;3-4H,1-2H3. The molecule has 0 aliphatic heterocycles. The molecular weight excluding hydrogens is 176 g/mol. The zero-order chi connectivity index (χ0) is 11.1. The molecule has 14 heavy (non-hydrogen) atoms. The highest BCUT2D eigenvalue weighted by Gasteiger charge is 1.89. The molecule has 0 spiro atoms. The Bertz CT molecular complexity index is 267. The van der Waals surface area contributed by atoms with Crippen LogP contribution in [-0.4, -0.2) is 18.5 Å². The van der Waals surface area contributed by atoms with E-state index in [-0.39, 0.29) is 0 Å². The molecule has 0 fully saturated rings. The summed E-state index contributed by atoms with van der Waals surface area (Å²) in [5.41, 5.74) is 4.11. The zero-order valence-corrected chi connectivity index (χ0v) is 9.66. The Hall–Kier alpha value is -0.860. The number of benzene rings is 1. The van der Waals surface area contributed by atoms with Crippen LogP contribution in [0.1, 0.15) is 23.6 Å². The molecule has 0 aliphatic carbocycles. The van der Waals surface area contributed by atoms with Gasteiger partial charge >= 0.3 is 0 Å². The molecule has 0 aliphatic rings. The van der Waals surface area contributed by atoms with E-state index in [1.807, 2.05) is 0 Å². The molecule has 0 saturated heterocycles. The largest absolute Gasteiger partial charge is 0.368 e. The third kappa shape index (κ3) is 5.73. The SMILES string of the molecule is COC(C)O.Cc1ccc(C)c(C)c1. The molecule has 0 aromatic heterocycles. The fourth-order valence-electron chi connectivity index (χ4n) is 0.891. The van der Waals surface area contributed by atoms with Crippen molar-refractivity contribution in [3.63, 3.8) is 0 Å². The highest BCUT2D eigenvalue weighted by molar-refractivity contribution is 5.28. The van der Waals surface area contributed by atoms with E-state index in [1.54, 1.807) is 6.92 Å². The van der Waals surface area contributed by atoms with Gasteiger partial charge in [0.05, 0.1) is 0 Å². The Balaban J connectivity index is 0.000000292. The van der Waals surface area contributed by atoms with E-state index in [1.165, 1.54) is 23.8 Å². The molecule has 1 aromatic carbocycles. The Morgan fingerprint density at radius 2 is 1.64 bits per heavy atom. The summed E-state index contributed by atoms with van der Waals surface area (Å²) in [5.74, 6) is 0. The Kier molecular flexibility index (Phi) is 6.17. The van der Waals surface area contributed by atoms with Crippen LogP contribution in [0.4, 0.5) is 0 Å². The summed E-state index contributed by atoms with van der Waals surface area (Å²) >= 11 is 0. The van der Waals surface area contributed by atoms with Gasteiger partial charge in [-0.05, 0) is 38.8 Å². The van der Waals surface area contributed by atoms with Gasteiger partial charge < -0.3 is 9.84 Å². The van der Waals surface area contributed by atoms with Crippen LogP contribution in [0.5, 0.6) is 0 Å². The van der Waals surface area contributed by atoms with Crippen molar-refractivity contribution in [3.8, 4) is 0 Å². The van der Waals surface area contributed by atoms with Crippen LogP contribution in [0.15, 0.2) is 18.2 Å². The molecule has 1 N–H and O–H groups in total. The Morgan fingerprint density at radius 1 is 1.14 bits per heavy atom. The van der Waals surface area contributed by atoms with Gasteiger partial charge in [-0.1, -0.05) is 23.8 Å². The lowest BCUT2D eigenvalue weighted by Gasteiger charge is -1.98. The lowest BCUT2D eigenvalue weighted by molar-refractivity contribution is -0.0583. The molecule has 0 saturated carbocycles. The van der Waals surface area contributed by atoms with Crippen molar-refractivity contribution >= 4 is 0 Å². The minimum atomic E-state index is -0.616. The summed E-state index contributed by atoms with van der Waals surface area (Å²) in [7, 11) is 1.45. The van der Waals surface area contributed by atoms with E-state index in [0.717, 1.165) is 0 Å². The van der Waals surface area contributed by atoms with E-state index in [9.17, 15) is 0 Å². The van der Waals surface area contributed by atoms with Crippen molar-refractivity contribution in [3.05, 3.63) is 34.9 Å². The summed E-state index contributed by atoms with van der Waals surface area (Å²) in [5, 5.41) is 8.14. The highest BCUT2D eigenvalue weighted by Crippen LogP contribution is 2.07.